The molecule has 1 fully saturated rings. The fourth-order valence-corrected chi connectivity index (χ4v) is 4.33. The number of thioether (sulfide) groups is 2. The van der Waals surface area contributed by atoms with E-state index in [2.05, 4.69) is 5.32 Å². The largest absolute Gasteiger partial charge is 0.398 e. The Balaban J connectivity index is 1.97. The summed E-state index contributed by atoms with van der Waals surface area (Å²) >= 11 is 3.66. The Kier molecular flexibility index (Phi) is 4.93. The van der Waals surface area contributed by atoms with Crippen LogP contribution in [0.25, 0.3) is 0 Å². The number of hydrogen-bond acceptors (Lipinski definition) is 4. The molecular weight excluding hydrogens is 290 g/mol. The van der Waals surface area contributed by atoms with E-state index in [9.17, 15) is 13.6 Å². The number of nitrogens with one attached hydrogen (secondary N) is 1. The van der Waals surface area contributed by atoms with Crippen molar-refractivity contribution in [1.29, 1.82) is 0 Å². The molecule has 2 rings (SSSR count). The molecule has 1 amide bonds. The maximum Gasteiger partial charge on any atom is 0.253 e. The second-order valence-corrected chi connectivity index (χ2v) is 6.69. The molecule has 1 atom stereocenters. The second-order valence-electron chi connectivity index (χ2n) is 4.13. The maximum absolute atomic E-state index is 13.1. The van der Waals surface area contributed by atoms with E-state index in [1.54, 1.807) is 0 Å². The molecular formula is C12H14F2N2OS2. The zero-order valence-corrected chi connectivity index (χ0v) is 11.8. The Morgan fingerprint density at radius 2 is 2.11 bits per heavy atom. The lowest BCUT2D eigenvalue weighted by atomic mass is 10.1. The Morgan fingerprint density at radius 1 is 1.37 bits per heavy atom. The Morgan fingerprint density at radius 3 is 2.79 bits per heavy atom. The molecule has 1 aromatic rings. The predicted octanol–water partition coefficient (Wildman–Crippen LogP) is 2.13. The van der Waals surface area contributed by atoms with Crippen LogP contribution in [0, 0.1) is 11.6 Å². The van der Waals surface area contributed by atoms with Crippen LogP contribution in [0.2, 0.25) is 0 Å². The first-order chi connectivity index (χ1) is 9.08. The minimum Gasteiger partial charge on any atom is -0.398 e. The molecule has 0 bridgehead atoms. The standard InChI is InChI=1S/C12H14F2N2OS2/c13-9-3-8(11(15)4-10(9)14)12(17)16-5-7-6-18-1-2-19-7/h3-4,7H,1-2,5-6,15H2,(H,16,17). The minimum atomic E-state index is -1.07. The summed E-state index contributed by atoms with van der Waals surface area (Å²) in [5.74, 6) is 0.602. The molecule has 7 heteroatoms. The van der Waals surface area contributed by atoms with E-state index >= 15 is 0 Å². The normalized spacial score (nSPS) is 19.2. The van der Waals surface area contributed by atoms with Crippen LogP contribution < -0.4 is 11.1 Å². The van der Waals surface area contributed by atoms with E-state index in [-0.39, 0.29) is 11.3 Å². The Bertz CT molecular complexity index is 479. The van der Waals surface area contributed by atoms with Crippen LogP contribution in [0.15, 0.2) is 12.1 Å². The summed E-state index contributed by atoms with van der Waals surface area (Å²) in [7, 11) is 0. The van der Waals surface area contributed by atoms with Gasteiger partial charge in [0.05, 0.1) is 5.56 Å². The first-order valence-corrected chi connectivity index (χ1v) is 8.00. The summed E-state index contributed by atoms with van der Waals surface area (Å²) in [5.41, 5.74) is 5.45. The number of amides is 1. The summed E-state index contributed by atoms with van der Waals surface area (Å²) < 4.78 is 26.0. The molecule has 3 nitrogen and oxygen atoms in total. The van der Waals surface area contributed by atoms with Crippen molar-refractivity contribution >= 4 is 35.1 Å². The predicted molar refractivity (Wildman–Crippen MR) is 76.7 cm³/mol. The van der Waals surface area contributed by atoms with Crippen molar-refractivity contribution in [1.82, 2.24) is 5.32 Å². The Hall–Kier alpha value is -0.950. The van der Waals surface area contributed by atoms with Gasteiger partial charge in [0.2, 0.25) is 0 Å². The van der Waals surface area contributed by atoms with Crippen LogP contribution in [0.1, 0.15) is 10.4 Å². The van der Waals surface area contributed by atoms with Crippen LogP contribution in [-0.4, -0.2) is 35.0 Å². The van der Waals surface area contributed by atoms with Gasteiger partial charge in [-0.05, 0) is 6.07 Å². The number of halogens is 2. The first-order valence-electron chi connectivity index (χ1n) is 5.80. The number of nitrogens with two attached hydrogens (primary N) is 1. The maximum atomic E-state index is 13.1. The van der Waals surface area contributed by atoms with Crippen LogP contribution in [0.4, 0.5) is 14.5 Å². The highest BCUT2D eigenvalue weighted by molar-refractivity contribution is 8.06. The summed E-state index contributed by atoms with van der Waals surface area (Å²) in [6, 6.07) is 1.66. The Labute approximate surface area is 118 Å². The van der Waals surface area contributed by atoms with Crippen molar-refractivity contribution in [3.8, 4) is 0 Å². The third-order valence-electron chi connectivity index (χ3n) is 2.71. The number of benzene rings is 1. The number of carbonyl (C=O) groups excluding carboxylic acids is 1. The van der Waals surface area contributed by atoms with Gasteiger partial charge in [0, 0.05) is 40.8 Å². The molecule has 1 heterocycles. The zero-order valence-electron chi connectivity index (χ0n) is 10.1. The molecule has 1 unspecified atom stereocenters. The van der Waals surface area contributed by atoms with Crippen molar-refractivity contribution in [2.75, 3.05) is 29.5 Å². The highest BCUT2D eigenvalue weighted by Crippen LogP contribution is 2.23. The monoisotopic (exact) mass is 304 g/mol. The quantitative estimate of drug-likeness (QED) is 0.840. The van der Waals surface area contributed by atoms with Crippen molar-refractivity contribution in [2.45, 2.75) is 5.25 Å². The number of hydrogen-bond donors (Lipinski definition) is 2. The molecule has 1 saturated heterocycles. The van der Waals surface area contributed by atoms with Crippen LogP contribution >= 0.6 is 23.5 Å². The van der Waals surface area contributed by atoms with Crippen LogP contribution in [0.5, 0.6) is 0 Å². The summed E-state index contributed by atoms with van der Waals surface area (Å²) in [6.45, 7) is 0.509. The van der Waals surface area contributed by atoms with Gasteiger partial charge in [-0.15, -0.1) is 0 Å². The van der Waals surface area contributed by atoms with Gasteiger partial charge in [0.1, 0.15) is 0 Å². The van der Waals surface area contributed by atoms with Gasteiger partial charge in [-0.3, -0.25) is 4.79 Å². The lowest BCUT2D eigenvalue weighted by Crippen LogP contribution is -2.33. The van der Waals surface area contributed by atoms with Gasteiger partial charge < -0.3 is 11.1 Å². The van der Waals surface area contributed by atoms with Crippen molar-refractivity contribution in [3.05, 3.63) is 29.3 Å². The molecule has 104 valence electrons. The fourth-order valence-electron chi connectivity index (χ4n) is 1.72. The van der Waals surface area contributed by atoms with Gasteiger partial charge >= 0.3 is 0 Å². The molecule has 0 spiro atoms. The van der Waals surface area contributed by atoms with E-state index in [4.69, 9.17) is 5.73 Å². The minimum absolute atomic E-state index is 0.0210. The number of nitrogen functional groups attached to an aromatic ring is 1. The van der Waals surface area contributed by atoms with E-state index in [0.29, 0.717) is 11.8 Å². The van der Waals surface area contributed by atoms with E-state index in [0.717, 1.165) is 29.4 Å². The van der Waals surface area contributed by atoms with Crippen molar-refractivity contribution < 1.29 is 13.6 Å². The van der Waals surface area contributed by atoms with Gasteiger partial charge in [-0.2, -0.15) is 23.5 Å². The molecule has 0 saturated carbocycles. The van der Waals surface area contributed by atoms with Crippen molar-refractivity contribution in [2.24, 2.45) is 0 Å². The van der Waals surface area contributed by atoms with Crippen molar-refractivity contribution in [3.63, 3.8) is 0 Å². The lowest BCUT2D eigenvalue weighted by molar-refractivity contribution is 0.0954. The molecule has 0 radical (unpaired) electrons. The highest BCUT2D eigenvalue weighted by atomic mass is 32.2. The van der Waals surface area contributed by atoms with E-state index < -0.39 is 17.5 Å². The molecule has 0 aromatic heterocycles. The molecule has 1 aliphatic heterocycles. The molecule has 0 aliphatic carbocycles. The van der Waals surface area contributed by atoms with Crippen LogP contribution in [-0.2, 0) is 0 Å². The summed E-state index contributed by atoms with van der Waals surface area (Å²) in [4.78, 5) is 11.9. The van der Waals surface area contributed by atoms with Gasteiger partial charge in [-0.25, -0.2) is 8.78 Å². The SMILES string of the molecule is Nc1cc(F)c(F)cc1C(=O)NCC1CSCCS1. The van der Waals surface area contributed by atoms with Gasteiger partial charge in [0.15, 0.2) is 11.6 Å². The second kappa shape index (κ2) is 6.47. The number of anilines is 1. The average molecular weight is 304 g/mol. The third-order valence-corrected chi connectivity index (χ3v) is 5.56. The molecule has 1 aliphatic rings. The number of rotatable bonds is 3. The van der Waals surface area contributed by atoms with Gasteiger partial charge in [0.25, 0.3) is 5.91 Å². The van der Waals surface area contributed by atoms with Crippen LogP contribution in [0.3, 0.4) is 0 Å². The van der Waals surface area contributed by atoms with E-state index in [1.165, 1.54) is 0 Å². The lowest BCUT2D eigenvalue weighted by Gasteiger charge is -2.21. The summed E-state index contributed by atoms with van der Waals surface area (Å²) in [6.07, 6.45) is 0. The molecule has 3 N–H and O–H groups in total. The first kappa shape index (κ1) is 14.5. The smallest absolute Gasteiger partial charge is 0.253 e. The molecule has 1 aromatic carbocycles. The molecule has 19 heavy (non-hydrogen) atoms. The number of carbonyl (C=O) groups is 1. The van der Waals surface area contributed by atoms with E-state index in [1.807, 2.05) is 23.5 Å². The third kappa shape index (κ3) is 3.76. The fraction of sp³-hybridized carbons (Fsp3) is 0.417. The topological polar surface area (TPSA) is 55.1 Å². The highest BCUT2D eigenvalue weighted by Gasteiger charge is 2.18. The zero-order chi connectivity index (χ0) is 13.8. The average Bonchev–Trinajstić information content (AvgIpc) is 2.41. The summed E-state index contributed by atoms with van der Waals surface area (Å²) in [5, 5.41) is 3.07. The van der Waals surface area contributed by atoms with Gasteiger partial charge in [-0.1, -0.05) is 0 Å².